The van der Waals surface area contributed by atoms with Crippen LogP contribution in [0.5, 0.6) is 11.5 Å². The number of ether oxygens (including phenoxy) is 2. The van der Waals surface area contributed by atoms with Crippen molar-refractivity contribution in [2.24, 2.45) is 5.16 Å². The van der Waals surface area contributed by atoms with Gasteiger partial charge in [0.15, 0.2) is 6.61 Å². The Bertz CT molecular complexity index is 783. The molecule has 25 heavy (non-hydrogen) atoms. The highest BCUT2D eigenvalue weighted by Crippen LogP contribution is 2.22. The van der Waals surface area contributed by atoms with E-state index >= 15 is 0 Å². The van der Waals surface area contributed by atoms with Crippen molar-refractivity contribution in [1.82, 2.24) is 0 Å². The van der Waals surface area contributed by atoms with Crippen molar-refractivity contribution in [3.8, 4) is 11.5 Å². The SMILES string of the molecule is COc1ccc(OC)c(/C=N\OCC(=O)Nc2ccc(Br)cc2F)c1. The predicted octanol–water partition coefficient (Wildman–Crippen LogP) is 3.59. The van der Waals surface area contributed by atoms with Crippen molar-refractivity contribution in [1.29, 1.82) is 0 Å². The Kier molecular flexibility index (Phi) is 6.76. The van der Waals surface area contributed by atoms with Gasteiger partial charge in [-0.15, -0.1) is 0 Å². The summed E-state index contributed by atoms with van der Waals surface area (Å²) in [7, 11) is 3.07. The highest BCUT2D eigenvalue weighted by Gasteiger charge is 2.08. The second-order valence-electron chi connectivity index (χ2n) is 4.79. The van der Waals surface area contributed by atoms with E-state index < -0.39 is 11.7 Å². The molecule has 0 aliphatic carbocycles. The van der Waals surface area contributed by atoms with Crippen LogP contribution in [-0.2, 0) is 9.63 Å². The lowest BCUT2D eigenvalue weighted by atomic mass is 10.2. The van der Waals surface area contributed by atoms with Crippen LogP contribution in [0, 0.1) is 5.82 Å². The Labute approximate surface area is 152 Å². The molecule has 1 N–H and O–H groups in total. The van der Waals surface area contributed by atoms with Crippen LogP contribution in [0.3, 0.4) is 0 Å². The first-order valence-electron chi connectivity index (χ1n) is 7.15. The maximum atomic E-state index is 13.6. The van der Waals surface area contributed by atoms with Gasteiger partial charge in [0.1, 0.15) is 17.3 Å². The molecular formula is C17H16BrFN2O4. The topological polar surface area (TPSA) is 69.1 Å². The maximum Gasteiger partial charge on any atom is 0.265 e. The first-order chi connectivity index (χ1) is 12.0. The molecule has 0 unspecified atom stereocenters. The van der Waals surface area contributed by atoms with Gasteiger partial charge in [-0.1, -0.05) is 21.1 Å². The monoisotopic (exact) mass is 410 g/mol. The molecule has 0 atom stereocenters. The van der Waals surface area contributed by atoms with Gasteiger partial charge in [-0.2, -0.15) is 0 Å². The number of rotatable bonds is 7. The third-order valence-electron chi connectivity index (χ3n) is 3.10. The van der Waals surface area contributed by atoms with Gasteiger partial charge in [0, 0.05) is 10.0 Å². The fourth-order valence-corrected chi connectivity index (χ4v) is 2.24. The van der Waals surface area contributed by atoms with E-state index in [-0.39, 0.29) is 12.3 Å². The number of hydrogen-bond acceptors (Lipinski definition) is 5. The zero-order chi connectivity index (χ0) is 18.2. The molecule has 2 aromatic carbocycles. The van der Waals surface area contributed by atoms with E-state index in [4.69, 9.17) is 14.3 Å². The molecule has 0 saturated carbocycles. The molecule has 6 nitrogen and oxygen atoms in total. The largest absolute Gasteiger partial charge is 0.497 e. The zero-order valence-corrected chi connectivity index (χ0v) is 15.2. The van der Waals surface area contributed by atoms with Crippen molar-refractivity contribution in [2.75, 3.05) is 26.1 Å². The first-order valence-corrected chi connectivity index (χ1v) is 7.95. The number of methoxy groups -OCH3 is 2. The molecule has 0 aliphatic heterocycles. The molecular weight excluding hydrogens is 395 g/mol. The lowest BCUT2D eigenvalue weighted by Gasteiger charge is -2.07. The highest BCUT2D eigenvalue weighted by molar-refractivity contribution is 9.10. The Hall–Kier alpha value is -2.61. The lowest BCUT2D eigenvalue weighted by molar-refractivity contribution is -0.120. The standard InChI is InChI=1S/C17H16BrFN2O4/c1-23-13-4-6-16(24-2)11(7-13)9-20-25-10-17(22)21-15-5-3-12(18)8-14(15)19/h3-9H,10H2,1-2H3,(H,21,22)/b20-9-. The van der Waals surface area contributed by atoms with Gasteiger partial charge >= 0.3 is 0 Å². The van der Waals surface area contributed by atoms with Crippen molar-refractivity contribution < 1.29 is 23.5 Å². The summed E-state index contributed by atoms with van der Waals surface area (Å²) >= 11 is 3.14. The quantitative estimate of drug-likeness (QED) is 0.559. The molecule has 0 spiro atoms. The summed E-state index contributed by atoms with van der Waals surface area (Å²) in [5.74, 6) is 0.128. The number of halogens is 2. The Morgan fingerprint density at radius 3 is 2.72 bits per heavy atom. The first kappa shape index (κ1) is 18.7. The van der Waals surface area contributed by atoms with Crippen LogP contribution in [0.4, 0.5) is 10.1 Å². The van der Waals surface area contributed by atoms with E-state index in [0.29, 0.717) is 21.5 Å². The summed E-state index contributed by atoms with van der Waals surface area (Å²) in [6.07, 6.45) is 1.40. The summed E-state index contributed by atoms with van der Waals surface area (Å²) < 4.78 is 24.5. The fourth-order valence-electron chi connectivity index (χ4n) is 1.91. The molecule has 0 radical (unpaired) electrons. The molecule has 0 aromatic heterocycles. The smallest absolute Gasteiger partial charge is 0.265 e. The number of oxime groups is 1. The molecule has 0 aliphatic rings. The molecule has 0 saturated heterocycles. The molecule has 1 amide bonds. The summed E-state index contributed by atoms with van der Waals surface area (Å²) in [6.45, 7) is -0.363. The molecule has 2 rings (SSSR count). The minimum Gasteiger partial charge on any atom is -0.497 e. The second kappa shape index (κ2) is 9.03. The average Bonchev–Trinajstić information content (AvgIpc) is 2.61. The predicted molar refractivity (Wildman–Crippen MR) is 95.8 cm³/mol. The third kappa shape index (κ3) is 5.46. The van der Waals surface area contributed by atoms with Crippen molar-refractivity contribution in [3.05, 3.63) is 52.3 Å². The molecule has 0 bridgehead atoms. The molecule has 2 aromatic rings. The number of carbonyl (C=O) groups excluding carboxylic acids is 1. The maximum absolute atomic E-state index is 13.6. The van der Waals surface area contributed by atoms with Crippen LogP contribution in [0.15, 0.2) is 46.0 Å². The minimum atomic E-state index is -0.549. The second-order valence-corrected chi connectivity index (χ2v) is 5.70. The average molecular weight is 411 g/mol. The van der Waals surface area contributed by atoms with Gasteiger partial charge < -0.3 is 19.6 Å². The fraction of sp³-hybridized carbons (Fsp3) is 0.176. The van der Waals surface area contributed by atoms with E-state index in [9.17, 15) is 9.18 Å². The lowest BCUT2D eigenvalue weighted by Crippen LogP contribution is -2.17. The number of nitrogens with one attached hydrogen (secondary N) is 1. The summed E-state index contributed by atoms with van der Waals surface area (Å²) in [4.78, 5) is 16.7. The number of carbonyl (C=O) groups is 1. The Balaban J connectivity index is 1.91. The van der Waals surface area contributed by atoms with Gasteiger partial charge in [0.05, 0.1) is 26.1 Å². The third-order valence-corrected chi connectivity index (χ3v) is 3.60. The minimum absolute atomic E-state index is 0.0650. The van der Waals surface area contributed by atoms with E-state index in [0.717, 1.165) is 0 Å². The normalized spacial score (nSPS) is 10.6. The van der Waals surface area contributed by atoms with Gasteiger partial charge in [0.2, 0.25) is 0 Å². The van der Waals surface area contributed by atoms with Crippen LogP contribution < -0.4 is 14.8 Å². The van der Waals surface area contributed by atoms with Gasteiger partial charge in [-0.3, -0.25) is 4.79 Å². The zero-order valence-electron chi connectivity index (χ0n) is 13.6. The van der Waals surface area contributed by atoms with Gasteiger partial charge in [-0.25, -0.2) is 4.39 Å². The molecule has 132 valence electrons. The van der Waals surface area contributed by atoms with Gasteiger partial charge in [0.25, 0.3) is 5.91 Å². The number of benzene rings is 2. The van der Waals surface area contributed by atoms with Crippen LogP contribution in [-0.4, -0.2) is 32.9 Å². The van der Waals surface area contributed by atoms with Crippen LogP contribution in [0.1, 0.15) is 5.56 Å². The molecule has 0 heterocycles. The van der Waals surface area contributed by atoms with Crippen LogP contribution in [0.25, 0.3) is 0 Å². The van der Waals surface area contributed by atoms with E-state index in [1.54, 1.807) is 31.4 Å². The van der Waals surface area contributed by atoms with Crippen molar-refractivity contribution >= 4 is 33.7 Å². The van der Waals surface area contributed by atoms with Crippen molar-refractivity contribution in [3.63, 3.8) is 0 Å². The van der Waals surface area contributed by atoms with E-state index in [1.165, 1.54) is 25.5 Å². The van der Waals surface area contributed by atoms with E-state index in [2.05, 4.69) is 26.4 Å². The summed E-state index contributed by atoms with van der Waals surface area (Å²) in [5, 5.41) is 6.12. The van der Waals surface area contributed by atoms with Crippen LogP contribution in [0.2, 0.25) is 0 Å². The number of anilines is 1. The molecule has 0 fully saturated rings. The van der Waals surface area contributed by atoms with Crippen LogP contribution >= 0.6 is 15.9 Å². The number of hydrogen-bond donors (Lipinski definition) is 1. The van der Waals surface area contributed by atoms with Crippen molar-refractivity contribution in [2.45, 2.75) is 0 Å². The summed E-state index contributed by atoms with van der Waals surface area (Å²) in [6, 6.07) is 9.50. The Morgan fingerprint density at radius 1 is 1.24 bits per heavy atom. The summed E-state index contributed by atoms with van der Waals surface area (Å²) in [5.41, 5.74) is 0.691. The Morgan fingerprint density at radius 2 is 2.04 bits per heavy atom. The van der Waals surface area contributed by atoms with Gasteiger partial charge in [-0.05, 0) is 36.4 Å². The highest BCUT2D eigenvalue weighted by atomic mass is 79.9. The molecule has 8 heteroatoms. The van der Waals surface area contributed by atoms with E-state index in [1.807, 2.05) is 0 Å². The number of nitrogens with zero attached hydrogens (tertiary/aromatic N) is 1. The number of amides is 1.